The minimum atomic E-state index is -0.685. The molecule has 0 aromatic heterocycles. The summed E-state index contributed by atoms with van der Waals surface area (Å²) in [6.45, 7) is -0.175. The van der Waals surface area contributed by atoms with Crippen LogP contribution in [0.15, 0.2) is 0 Å². The molecule has 0 fully saturated rings. The Bertz CT molecular complexity index is 109. The lowest BCUT2D eigenvalue weighted by Crippen LogP contribution is -2.34. The first-order chi connectivity index (χ1) is 4.72. The first-order valence-corrected chi connectivity index (χ1v) is 3.49. The fourth-order valence-corrected chi connectivity index (χ4v) is 0.477. The van der Waals surface area contributed by atoms with Crippen LogP contribution in [-0.2, 0) is 9.53 Å². The minimum Gasteiger partial charge on any atom is -0.462 e. The molecule has 0 saturated carbocycles. The maximum Gasteiger partial charge on any atom is 0.323 e. The SMILES string of the molecule is NC(CS)C(=O)OCCO. The summed E-state index contributed by atoms with van der Waals surface area (Å²) in [6.07, 6.45) is 0. The molecular weight excluding hydrogens is 154 g/mol. The van der Waals surface area contributed by atoms with Gasteiger partial charge in [-0.1, -0.05) is 0 Å². The van der Waals surface area contributed by atoms with E-state index in [1.54, 1.807) is 0 Å². The minimum absolute atomic E-state index is 0.000309. The fraction of sp³-hybridized carbons (Fsp3) is 0.800. The fourth-order valence-electron chi connectivity index (χ4n) is 0.328. The van der Waals surface area contributed by atoms with Gasteiger partial charge in [-0.3, -0.25) is 4.79 Å². The molecule has 0 bridgehead atoms. The highest BCUT2D eigenvalue weighted by molar-refractivity contribution is 7.80. The van der Waals surface area contributed by atoms with Crippen LogP contribution in [0.5, 0.6) is 0 Å². The van der Waals surface area contributed by atoms with Crippen molar-refractivity contribution in [2.75, 3.05) is 19.0 Å². The molecule has 1 atom stereocenters. The Labute approximate surface area is 64.8 Å². The van der Waals surface area contributed by atoms with Crippen LogP contribution >= 0.6 is 12.6 Å². The van der Waals surface area contributed by atoms with Gasteiger partial charge < -0.3 is 15.6 Å². The molecule has 0 saturated heterocycles. The largest absolute Gasteiger partial charge is 0.462 e. The molecule has 0 rings (SSSR count). The predicted octanol–water partition coefficient (Wildman–Crippen LogP) is -1.22. The van der Waals surface area contributed by atoms with Crippen molar-refractivity contribution < 1.29 is 14.6 Å². The number of aliphatic hydroxyl groups is 1. The normalized spacial score (nSPS) is 12.7. The first-order valence-electron chi connectivity index (χ1n) is 2.86. The highest BCUT2D eigenvalue weighted by Gasteiger charge is 2.11. The Hall–Kier alpha value is -0.260. The number of carbonyl (C=O) groups excluding carboxylic acids is 1. The van der Waals surface area contributed by atoms with E-state index in [9.17, 15) is 4.79 Å². The number of ether oxygens (including phenoxy) is 1. The number of esters is 1. The molecule has 0 aliphatic heterocycles. The maximum absolute atomic E-state index is 10.6. The van der Waals surface area contributed by atoms with Crippen LogP contribution in [-0.4, -0.2) is 36.1 Å². The van der Waals surface area contributed by atoms with Crippen molar-refractivity contribution in [3.05, 3.63) is 0 Å². The van der Waals surface area contributed by atoms with Crippen molar-refractivity contribution in [3.8, 4) is 0 Å². The van der Waals surface area contributed by atoms with E-state index in [2.05, 4.69) is 17.4 Å². The van der Waals surface area contributed by atoms with Gasteiger partial charge in [0.2, 0.25) is 0 Å². The highest BCUT2D eigenvalue weighted by atomic mass is 32.1. The van der Waals surface area contributed by atoms with Crippen molar-refractivity contribution in [1.29, 1.82) is 0 Å². The monoisotopic (exact) mass is 165 g/mol. The second-order valence-corrected chi connectivity index (χ2v) is 2.05. The number of hydrogen-bond acceptors (Lipinski definition) is 5. The summed E-state index contributed by atoms with van der Waals surface area (Å²) in [5, 5.41) is 8.23. The molecule has 0 heterocycles. The van der Waals surface area contributed by atoms with E-state index in [1.165, 1.54) is 0 Å². The quantitative estimate of drug-likeness (QED) is 0.360. The maximum atomic E-state index is 10.6. The van der Waals surface area contributed by atoms with Gasteiger partial charge in [-0.25, -0.2) is 0 Å². The highest BCUT2D eigenvalue weighted by Crippen LogP contribution is 1.87. The topological polar surface area (TPSA) is 72.6 Å². The van der Waals surface area contributed by atoms with Crippen molar-refractivity contribution in [2.24, 2.45) is 5.73 Å². The van der Waals surface area contributed by atoms with Crippen LogP contribution < -0.4 is 5.73 Å². The van der Waals surface area contributed by atoms with E-state index in [-0.39, 0.29) is 19.0 Å². The van der Waals surface area contributed by atoms with Crippen LogP contribution in [0.4, 0.5) is 0 Å². The van der Waals surface area contributed by atoms with Gasteiger partial charge in [0.25, 0.3) is 0 Å². The van der Waals surface area contributed by atoms with Crippen LogP contribution in [0.1, 0.15) is 0 Å². The Morgan fingerprint density at radius 2 is 2.40 bits per heavy atom. The summed E-state index contributed by atoms with van der Waals surface area (Å²) in [4.78, 5) is 10.6. The zero-order valence-electron chi connectivity index (χ0n) is 5.49. The Morgan fingerprint density at radius 1 is 1.80 bits per heavy atom. The number of rotatable bonds is 4. The van der Waals surface area contributed by atoms with E-state index in [0.29, 0.717) is 0 Å². The molecule has 0 aliphatic rings. The van der Waals surface area contributed by atoms with Crippen molar-refractivity contribution in [2.45, 2.75) is 6.04 Å². The third-order valence-electron chi connectivity index (χ3n) is 0.835. The van der Waals surface area contributed by atoms with Gasteiger partial charge >= 0.3 is 5.97 Å². The van der Waals surface area contributed by atoms with Gasteiger partial charge in [-0.2, -0.15) is 12.6 Å². The number of aliphatic hydroxyl groups excluding tert-OH is 1. The van der Waals surface area contributed by atoms with E-state index >= 15 is 0 Å². The van der Waals surface area contributed by atoms with E-state index < -0.39 is 12.0 Å². The van der Waals surface area contributed by atoms with Crippen molar-refractivity contribution in [3.63, 3.8) is 0 Å². The van der Waals surface area contributed by atoms with E-state index in [4.69, 9.17) is 10.8 Å². The van der Waals surface area contributed by atoms with Gasteiger partial charge in [0, 0.05) is 5.75 Å². The number of carbonyl (C=O) groups is 1. The molecule has 4 nitrogen and oxygen atoms in total. The average Bonchev–Trinajstić information content (AvgIpc) is 1.98. The van der Waals surface area contributed by atoms with Crippen LogP contribution in [0, 0.1) is 0 Å². The molecule has 0 aromatic rings. The molecular formula is C5H11NO3S. The number of thiol groups is 1. The van der Waals surface area contributed by atoms with Gasteiger partial charge in [-0.05, 0) is 0 Å². The van der Waals surface area contributed by atoms with Crippen LogP contribution in [0.3, 0.4) is 0 Å². The second kappa shape index (κ2) is 5.52. The number of hydrogen-bond donors (Lipinski definition) is 3. The van der Waals surface area contributed by atoms with Crippen molar-refractivity contribution in [1.82, 2.24) is 0 Å². The predicted molar refractivity (Wildman–Crippen MR) is 39.9 cm³/mol. The van der Waals surface area contributed by atoms with E-state index in [1.807, 2.05) is 0 Å². The zero-order chi connectivity index (χ0) is 7.98. The molecule has 0 aromatic carbocycles. The Kier molecular flexibility index (Phi) is 5.38. The summed E-state index contributed by atoms with van der Waals surface area (Å²) in [5.74, 6) is -0.270. The average molecular weight is 165 g/mol. The summed E-state index contributed by atoms with van der Waals surface area (Å²) in [6, 6.07) is -0.685. The lowest BCUT2D eigenvalue weighted by molar-refractivity contribution is -0.145. The lowest BCUT2D eigenvalue weighted by atomic mass is 10.4. The summed E-state index contributed by atoms with van der Waals surface area (Å²) >= 11 is 3.79. The third kappa shape index (κ3) is 3.71. The molecule has 0 amide bonds. The Morgan fingerprint density at radius 3 is 2.80 bits per heavy atom. The summed E-state index contributed by atoms with van der Waals surface area (Å²) in [5.41, 5.74) is 5.22. The van der Waals surface area contributed by atoms with Gasteiger partial charge in [-0.15, -0.1) is 0 Å². The molecule has 1 unspecified atom stereocenters. The standard InChI is InChI=1S/C5H11NO3S/c6-4(3-10)5(8)9-2-1-7/h4,7,10H,1-3,6H2. The zero-order valence-corrected chi connectivity index (χ0v) is 6.38. The number of nitrogens with two attached hydrogens (primary N) is 1. The molecule has 0 radical (unpaired) electrons. The molecule has 0 spiro atoms. The van der Waals surface area contributed by atoms with Gasteiger partial charge in [0.1, 0.15) is 12.6 Å². The smallest absolute Gasteiger partial charge is 0.323 e. The molecule has 10 heavy (non-hydrogen) atoms. The van der Waals surface area contributed by atoms with E-state index in [0.717, 1.165) is 0 Å². The first kappa shape index (κ1) is 9.74. The molecule has 3 N–H and O–H groups in total. The molecule has 0 aliphatic carbocycles. The molecule has 60 valence electrons. The van der Waals surface area contributed by atoms with Crippen LogP contribution in [0.2, 0.25) is 0 Å². The lowest BCUT2D eigenvalue weighted by Gasteiger charge is -2.06. The summed E-state index contributed by atoms with van der Waals surface area (Å²) in [7, 11) is 0. The van der Waals surface area contributed by atoms with Gasteiger partial charge in [0.15, 0.2) is 0 Å². The van der Waals surface area contributed by atoms with Crippen molar-refractivity contribution >= 4 is 18.6 Å². The third-order valence-corrected chi connectivity index (χ3v) is 1.23. The van der Waals surface area contributed by atoms with Crippen LogP contribution in [0.25, 0.3) is 0 Å². The molecule has 5 heteroatoms. The second-order valence-electron chi connectivity index (χ2n) is 1.68. The summed E-state index contributed by atoms with van der Waals surface area (Å²) < 4.78 is 4.48. The Balaban J connectivity index is 3.42. The van der Waals surface area contributed by atoms with Gasteiger partial charge in [0.05, 0.1) is 6.61 Å².